The molecule has 1 aromatic rings. The molecule has 2 heterocycles. The SMILES string of the molecule is CCNC(=NCC(C)(O)c1cccs1)NCC(C)CN1CCCC1.I. The molecule has 0 amide bonds. The minimum atomic E-state index is -0.919. The lowest BCUT2D eigenvalue weighted by atomic mass is 10.1. The van der Waals surface area contributed by atoms with Crippen molar-refractivity contribution in [2.45, 2.75) is 39.2 Å². The van der Waals surface area contributed by atoms with Crippen LogP contribution in [-0.2, 0) is 5.60 Å². The quantitative estimate of drug-likeness (QED) is 0.304. The van der Waals surface area contributed by atoms with E-state index in [0.717, 1.165) is 30.5 Å². The lowest BCUT2D eigenvalue weighted by Crippen LogP contribution is -2.42. The summed E-state index contributed by atoms with van der Waals surface area (Å²) in [6.45, 7) is 11.8. The van der Waals surface area contributed by atoms with E-state index in [1.807, 2.05) is 24.4 Å². The van der Waals surface area contributed by atoms with Crippen molar-refractivity contribution in [2.75, 3.05) is 39.3 Å². The molecule has 0 saturated carbocycles. The summed E-state index contributed by atoms with van der Waals surface area (Å²) in [6.07, 6.45) is 2.67. The summed E-state index contributed by atoms with van der Waals surface area (Å²) >= 11 is 1.57. The fourth-order valence-corrected chi connectivity index (χ4v) is 3.76. The molecule has 2 rings (SSSR count). The third-order valence-corrected chi connectivity index (χ3v) is 5.45. The highest BCUT2D eigenvalue weighted by Gasteiger charge is 2.24. The van der Waals surface area contributed by atoms with Crippen LogP contribution in [0.5, 0.6) is 0 Å². The average molecular weight is 480 g/mol. The van der Waals surface area contributed by atoms with Crippen molar-refractivity contribution < 1.29 is 5.11 Å². The van der Waals surface area contributed by atoms with Crippen LogP contribution in [0.3, 0.4) is 0 Å². The number of hydrogen-bond donors (Lipinski definition) is 3. The van der Waals surface area contributed by atoms with Gasteiger partial charge in [-0.25, -0.2) is 4.99 Å². The molecule has 0 aliphatic carbocycles. The zero-order valence-electron chi connectivity index (χ0n) is 15.6. The van der Waals surface area contributed by atoms with Gasteiger partial charge in [0.15, 0.2) is 5.96 Å². The first kappa shape index (κ1) is 22.7. The summed E-state index contributed by atoms with van der Waals surface area (Å²) < 4.78 is 0. The van der Waals surface area contributed by atoms with E-state index in [2.05, 4.69) is 34.4 Å². The second kappa shape index (κ2) is 11.4. The van der Waals surface area contributed by atoms with Crippen LogP contribution < -0.4 is 10.6 Å². The molecule has 0 radical (unpaired) electrons. The lowest BCUT2D eigenvalue weighted by molar-refractivity contribution is 0.0711. The standard InChI is InChI=1S/C18H32N4OS.HI/c1-4-19-17(20-12-15(2)13-22-9-5-6-10-22)21-14-18(3,23)16-8-7-11-24-16;/h7-8,11,15,23H,4-6,9-10,12-14H2,1-3H3,(H2,19,20,21);1H. The third kappa shape index (κ3) is 7.80. The van der Waals surface area contributed by atoms with E-state index in [1.54, 1.807) is 11.3 Å². The van der Waals surface area contributed by atoms with Gasteiger partial charge in [-0.2, -0.15) is 0 Å². The van der Waals surface area contributed by atoms with E-state index in [9.17, 15) is 5.11 Å². The van der Waals surface area contributed by atoms with Gasteiger partial charge in [0.25, 0.3) is 0 Å². The highest BCUT2D eigenvalue weighted by molar-refractivity contribution is 14.0. The number of rotatable bonds is 8. The van der Waals surface area contributed by atoms with E-state index in [-0.39, 0.29) is 24.0 Å². The van der Waals surface area contributed by atoms with Crippen LogP contribution in [0.15, 0.2) is 22.5 Å². The molecule has 144 valence electrons. The van der Waals surface area contributed by atoms with Crippen LogP contribution in [0.4, 0.5) is 0 Å². The van der Waals surface area contributed by atoms with Gasteiger partial charge in [0, 0.05) is 24.5 Å². The lowest BCUT2D eigenvalue weighted by Gasteiger charge is -2.23. The summed E-state index contributed by atoms with van der Waals surface area (Å²) in [5, 5.41) is 19.3. The number of aliphatic imine (C=N–C) groups is 1. The van der Waals surface area contributed by atoms with Crippen molar-refractivity contribution in [1.82, 2.24) is 15.5 Å². The Morgan fingerprint density at radius 3 is 2.72 bits per heavy atom. The molecular formula is C18H33IN4OS. The molecule has 2 atom stereocenters. The topological polar surface area (TPSA) is 59.9 Å². The van der Waals surface area contributed by atoms with Gasteiger partial charge in [-0.1, -0.05) is 13.0 Å². The van der Waals surface area contributed by atoms with Gasteiger partial charge in [0.05, 0.1) is 6.54 Å². The zero-order valence-corrected chi connectivity index (χ0v) is 18.8. The van der Waals surface area contributed by atoms with Crippen LogP contribution in [0, 0.1) is 5.92 Å². The Kier molecular flexibility index (Phi) is 10.3. The van der Waals surface area contributed by atoms with Gasteiger partial charge in [-0.15, -0.1) is 35.3 Å². The van der Waals surface area contributed by atoms with Crippen molar-refractivity contribution in [1.29, 1.82) is 0 Å². The van der Waals surface area contributed by atoms with Gasteiger partial charge in [0.2, 0.25) is 0 Å². The summed E-state index contributed by atoms with van der Waals surface area (Å²) in [5.41, 5.74) is -0.919. The van der Waals surface area contributed by atoms with Gasteiger partial charge < -0.3 is 20.6 Å². The van der Waals surface area contributed by atoms with E-state index in [4.69, 9.17) is 0 Å². The Morgan fingerprint density at radius 1 is 1.40 bits per heavy atom. The van der Waals surface area contributed by atoms with Crippen LogP contribution in [-0.4, -0.2) is 55.2 Å². The molecule has 1 saturated heterocycles. The molecule has 0 bridgehead atoms. The van der Waals surface area contributed by atoms with Crippen LogP contribution in [0.1, 0.15) is 38.5 Å². The molecular weight excluding hydrogens is 447 g/mol. The van der Waals surface area contributed by atoms with E-state index < -0.39 is 5.60 Å². The molecule has 7 heteroatoms. The Labute approximate surface area is 173 Å². The maximum absolute atomic E-state index is 10.6. The van der Waals surface area contributed by atoms with Crippen LogP contribution >= 0.6 is 35.3 Å². The van der Waals surface area contributed by atoms with Gasteiger partial charge in [0.1, 0.15) is 5.60 Å². The Balaban J connectivity index is 0.00000312. The first-order valence-corrected chi connectivity index (χ1v) is 9.90. The number of hydrogen-bond acceptors (Lipinski definition) is 4. The van der Waals surface area contributed by atoms with Crippen molar-refractivity contribution in [3.05, 3.63) is 22.4 Å². The Hall–Kier alpha value is -0.380. The second-order valence-corrected chi connectivity index (χ2v) is 7.89. The largest absolute Gasteiger partial charge is 0.383 e. The Bertz CT molecular complexity index is 501. The highest BCUT2D eigenvalue weighted by atomic mass is 127. The molecule has 0 aromatic carbocycles. The molecule has 3 N–H and O–H groups in total. The minimum Gasteiger partial charge on any atom is -0.383 e. The molecule has 1 aliphatic rings. The van der Waals surface area contributed by atoms with Crippen molar-refractivity contribution in [2.24, 2.45) is 10.9 Å². The molecule has 2 unspecified atom stereocenters. The molecule has 1 fully saturated rings. The summed E-state index contributed by atoms with van der Waals surface area (Å²) in [4.78, 5) is 8.07. The number of nitrogens with one attached hydrogen (secondary N) is 2. The second-order valence-electron chi connectivity index (χ2n) is 6.94. The fourth-order valence-electron chi connectivity index (χ4n) is 2.98. The fraction of sp³-hybridized carbons (Fsp3) is 0.722. The summed E-state index contributed by atoms with van der Waals surface area (Å²) in [6, 6.07) is 3.92. The van der Waals surface area contributed by atoms with E-state index in [0.29, 0.717) is 12.5 Å². The molecule has 1 aromatic heterocycles. The van der Waals surface area contributed by atoms with Crippen LogP contribution in [0.25, 0.3) is 0 Å². The molecule has 25 heavy (non-hydrogen) atoms. The predicted octanol–water partition coefficient (Wildman–Crippen LogP) is 2.86. The molecule has 1 aliphatic heterocycles. The number of likely N-dealkylation sites (tertiary alicyclic amines) is 1. The van der Waals surface area contributed by atoms with Gasteiger partial charge in [-0.3, -0.25) is 0 Å². The Morgan fingerprint density at radius 2 is 2.12 bits per heavy atom. The van der Waals surface area contributed by atoms with Crippen LogP contribution in [0.2, 0.25) is 0 Å². The first-order valence-electron chi connectivity index (χ1n) is 9.02. The maximum Gasteiger partial charge on any atom is 0.191 e. The number of guanidine groups is 1. The minimum absolute atomic E-state index is 0. The zero-order chi connectivity index (χ0) is 17.4. The smallest absolute Gasteiger partial charge is 0.191 e. The monoisotopic (exact) mass is 480 g/mol. The van der Waals surface area contributed by atoms with Crippen molar-refractivity contribution >= 4 is 41.3 Å². The number of halogens is 1. The van der Waals surface area contributed by atoms with Crippen molar-refractivity contribution in [3.63, 3.8) is 0 Å². The molecule has 0 spiro atoms. The molecule has 5 nitrogen and oxygen atoms in total. The van der Waals surface area contributed by atoms with Gasteiger partial charge in [-0.05, 0) is 57.1 Å². The third-order valence-electron chi connectivity index (χ3n) is 4.33. The normalized spacial score (nSPS) is 19.1. The summed E-state index contributed by atoms with van der Waals surface area (Å²) in [7, 11) is 0. The predicted molar refractivity (Wildman–Crippen MR) is 118 cm³/mol. The number of nitrogens with zero attached hydrogens (tertiary/aromatic N) is 2. The highest BCUT2D eigenvalue weighted by Crippen LogP contribution is 2.25. The van der Waals surface area contributed by atoms with Gasteiger partial charge >= 0.3 is 0 Å². The van der Waals surface area contributed by atoms with Crippen molar-refractivity contribution in [3.8, 4) is 0 Å². The summed E-state index contributed by atoms with van der Waals surface area (Å²) in [5.74, 6) is 1.35. The average Bonchev–Trinajstić information content (AvgIpc) is 3.23. The number of aliphatic hydroxyl groups is 1. The van der Waals surface area contributed by atoms with E-state index in [1.165, 1.54) is 25.9 Å². The van der Waals surface area contributed by atoms with E-state index >= 15 is 0 Å². The maximum atomic E-state index is 10.6. The first-order chi connectivity index (χ1) is 11.5. The number of thiophene rings is 1.